The minimum absolute atomic E-state index is 0.307. The van der Waals surface area contributed by atoms with Crippen LogP contribution in [0.1, 0.15) is 17.3 Å². The van der Waals surface area contributed by atoms with Crippen molar-refractivity contribution in [3.8, 4) is 0 Å². The molecule has 0 saturated carbocycles. The highest BCUT2D eigenvalue weighted by molar-refractivity contribution is 5.96. The van der Waals surface area contributed by atoms with Crippen molar-refractivity contribution in [3.05, 3.63) is 36.2 Å². The molecule has 4 nitrogen and oxygen atoms in total. The number of esters is 1. The fourth-order valence-corrected chi connectivity index (χ4v) is 1.33. The van der Waals surface area contributed by atoms with Crippen LogP contribution < -0.4 is 0 Å². The first-order valence-electron chi connectivity index (χ1n) is 4.42. The van der Waals surface area contributed by atoms with Gasteiger partial charge in [-0.2, -0.15) is 5.10 Å². The van der Waals surface area contributed by atoms with E-state index < -0.39 is 0 Å². The van der Waals surface area contributed by atoms with Gasteiger partial charge < -0.3 is 4.74 Å². The van der Waals surface area contributed by atoms with E-state index in [4.69, 9.17) is 4.74 Å². The fourth-order valence-electron chi connectivity index (χ4n) is 1.33. The minimum atomic E-state index is -0.307. The van der Waals surface area contributed by atoms with E-state index in [9.17, 15) is 4.79 Å². The summed E-state index contributed by atoms with van der Waals surface area (Å²) in [6, 6.07) is 5.29. The Balaban J connectivity index is 2.50. The molecule has 0 aliphatic heterocycles. The average Bonchev–Trinajstić information content (AvgIpc) is 2.65. The molecule has 2 aromatic rings. The highest BCUT2D eigenvalue weighted by Gasteiger charge is 2.10. The summed E-state index contributed by atoms with van der Waals surface area (Å²) in [5.41, 5.74) is 1.32. The second kappa shape index (κ2) is 3.49. The lowest BCUT2D eigenvalue weighted by Gasteiger charge is -2.02. The molecule has 0 aromatic carbocycles. The molecule has 0 fully saturated rings. The van der Waals surface area contributed by atoms with Gasteiger partial charge in [-0.1, -0.05) is 0 Å². The van der Waals surface area contributed by atoms with Crippen molar-refractivity contribution < 1.29 is 9.53 Å². The van der Waals surface area contributed by atoms with Crippen molar-refractivity contribution in [2.24, 2.45) is 0 Å². The van der Waals surface area contributed by atoms with Gasteiger partial charge in [-0.05, 0) is 25.1 Å². The lowest BCUT2D eigenvalue weighted by atomic mass is 10.2. The summed E-state index contributed by atoms with van der Waals surface area (Å²) in [6.07, 6.45) is 3.44. The maximum atomic E-state index is 11.5. The lowest BCUT2D eigenvalue weighted by Crippen LogP contribution is -2.06. The summed E-state index contributed by atoms with van der Waals surface area (Å²) in [4.78, 5) is 11.5. The Kier molecular flexibility index (Phi) is 2.18. The van der Waals surface area contributed by atoms with Crippen molar-refractivity contribution in [3.63, 3.8) is 0 Å². The van der Waals surface area contributed by atoms with Gasteiger partial charge >= 0.3 is 5.97 Å². The van der Waals surface area contributed by atoms with Crippen LogP contribution in [0.3, 0.4) is 0 Å². The number of rotatable bonds is 2. The van der Waals surface area contributed by atoms with Crippen molar-refractivity contribution in [1.29, 1.82) is 0 Å². The highest BCUT2D eigenvalue weighted by atomic mass is 16.5. The van der Waals surface area contributed by atoms with E-state index in [2.05, 4.69) is 5.10 Å². The highest BCUT2D eigenvalue weighted by Crippen LogP contribution is 2.10. The summed E-state index contributed by atoms with van der Waals surface area (Å²) < 4.78 is 6.57. The van der Waals surface area contributed by atoms with E-state index >= 15 is 0 Å². The van der Waals surface area contributed by atoms with Crippen LogP contribution in [0.25, 0.3) is 5.52 Å². The third kappa shape index (κ3) is 1.35. The summed E-state index contributed by atoms with van der Waals surface area (Å²) in [5.74, 6) is -0.307. The van der Waals surface area contributed by atoms with E-state index in [1.54, 1.807) is 42.0 Å². The van der Waals surface area contributed by atoms with Crippen LogP contribution in [0.2, 0.25) is 0 Å². The predicted octanol–water partition coefficient (Wildman–Crippen LogP) is 1.51. The number of hydrogen-bond donors (Lipinski definition) is 0. The molecule has 2 aromatic heterocycles. The molecule has 0 aliphatic carbocycles. The van der Waals surface area contributed by atoms with Crippen LogP contribution in [-0.2, 0) is 4.74 Å². The Hall–Kier alpha value is -1.84. The standard InChI is InChI=1S/C10H10N2O2/c1-2-14-10(13)8-4-3-7-12-9(8)5-6-11-12/h3-7H,2H2,1H3. The van der Waals surface area contributed by atoms with Crippen LogP contribution in [0.4, 0.5) is 0 Å². The molecule has 0 amide bonds. The number of ether oxygens (including phenoxy) is 1. The van der Waals surface area contributed by atoms with Crippen LogP contribution in [-0.4, -0.2) is 22.2 Å². The van der Waals surface area contributed by atoms with Crippen molar-refractivity contribution in [2.75, 3.05) is 6.61 Å². The van der Waals surface area contributed by atoms with Gasteiger partial charge in [-0.15, -0.1) is 0 Å². The number of carbonyl (C=O) groups is 1. The molecule has 0 radical (unpaired) electrons. The number of nitrogens with zero attached hydrogens (tertiary/aromatic N) is 2. The van der Waals surface area contributed by atoms with Gasteiger partial charge in [0.15, 0.2) is 0 Å². The van der Waals surface area contributed by atoms with Crippen molar-refractivity contribution in [2.45, 2.75) is 6.92 Å². The Bertz CT molecular complexity index is 462. The second-order valence-electron chi connectivity index (χ2n) is 2.80. The lowest BCUT2D eigenvalue weighted by molar-refractivity contribution is 0.0528. The largest absolute Gasteiger partial charge is 0.462 e. The smallest absolute Gasteiger partial charge is 0.340 e. The Morgan fingerprint density at radius 1 is 1.57 bits per heavy atom. The summed E-state index contributed by atoms with van der Waals surface area (Å²) in [7, 11) is 0. The number of fused-ring (bicyclic) bond motifs is 1. The molecule has 72 valence electrons. The van der Waals surface area contributed by atoms with Gasteiger partial charge in [-0.3, -0.25) is 0 Å². The van der Waals surface area contributed by atoms with Gasteiger partial charge in [0, 0.05) is 6.20 Å². The Labute approximate surface area is 81.1 Å². The zero-order chi connectivity index (χ0) is 9.97. The predicted molar refractivity (Wildman–Crippen MR) is 51.1 cm³/mol. The maximum absolute atomic E-state index is 11.5. The van der Waals surface area contributed by atoms with E-state index in [1.807, 2.05) is 0 Å². The minimum Gasteiger partial charge on any atom is -0.462 e. The van der Waals surface area contributed by atoms with Gasteiger partial charge in [0.25, 0.3) is 0 Å². The number of carbonyl (C=O) groups excluding carboxylic acids is 1. The molecular formula is C10H10N2O2. The van der Waals surface area contributed by atoms with Gasteiger partial charge in [0.2, 0.25) is 0 Å². The first-order valence-corrected chi connectivity index (χ1v) is 4.42. The molecule has 0 saturated heterocycles. The Morgan fingerprint density at radius 2 is 2.43 bits per heavy atom. The monoisotopic (exact) mass is 190 g/mol. The van der Waals surface area contributed by atoms with Gasteiger partial charge in [0.05, 0.1) is 23.9 Å². The third-order valence-electron chi connectivity index (χ3n) is 1.93. The molecule has 4 heteroatoms. The first-order chi connectivity index (χ1) is 6.83. The zero-order valence-corrected chi connectivity index (χ0v) is 7.80. The van der Waals surface area contributed by atoms with Gasteiger partial charge in [-0.25, -0.2) is 9.31 Å². The molecule has 0 atom stereocenters. The Morgan fingerprint density at radius 3 is 3.21 bits per heavy atom. The first kappa shape index (κ1) is 8.74. The molecule has 0 bridgehead atoms. The van der Waals surface area contributed by atoms with Crippen molar-refractivity contribution in [1.82, 2.24) is 9.61 Å². The molecule has 0 N–H and O–H groups in total. The van der Waals surface area contributed by atoms with Crippen LogP contribution >= 0.6 is 0 Å². The number of aromatic nitrogens is 2. The normalized spacial score (nSPS) is 10.4. The van der Waals surface area contributed by atoms with Crippen LogP contribution in [0.5, 0.6) is 0 Å². The fraction of sp³-hybridized carbons (Fsp3) is 0.200. The van der Waals surface area contributed by atoms with E-state index in [0.717, 1.165) is 5.52 Å². The van der Waals surface area contributed by atoms with Crippen LogP contribution in [0, 0.1) is 0 Å². The molecule has 2 rings (SSSR count). The molecule has 0 aliphatic rings. The molecule has 0 spiro atoms. The number of hydrogen-bond acceptors (Lipinski definition) is 3. The van der Waals surface area contributed by atoms with Crippen LogP contribution in [0.15, 0.2) is 30.6 Å². The third-order valence-corrected chi connectivity index (χ3v) is 1.93. The molecule has 14 heavy (non-hydrogen) atoms. The summed E-state index contributed by atoms with van der Waals surface area (Å²) >= 11 is 0. The zero-order valence-electron chi connectivity index (χ0n) is 7.80. The molecular weight excluding hydrogens is 180 g/mol. The van der Waals surface area contributed by atoms with E-state index in [1.165, 1.54) is 0 Å². The quantitative estimate of drug-likeness (QED) is 0.674. The van der Waals surface area contributed by atoms with E-state index in [-0.39, 0.29) is 5.97 Å². The molecule has 2 heterocycles. The topological polar surface area (TPSA) is 43.6 Å². The average molecular weight is 190 g/mol. The second-order valence-corrected chi connectivity index (χ2v) is 2.80. The summed E-state index contributed by atoms with van der Waals surface area (Å²) in [5, 5.41) is 4.03. The molecule has 0 unspecified atom stereocenters. The van der Waals surface area contributed by atoms with Crippen molar-refractivity contribution >= 4 is 11.5 Å². The van der Waals surface area contributed by atoms with E-state index in [0.29, 0.717) is 12.2 Å². The SMILES string of the molecule is CCOC(=O)c1cccn2nccc12. The number of pyridine rings is 1. The summed E-state index contributed by atoms with van der Waals surface area (Å²) in [6.45, 7) is 2.17. The maximum Gasteiger partial charge on any atom is 0.340 e. The van der Waals surface area contributed by atoms with Gasteiger partial charge in [0.1, 0.15) is 0 Å².